The Labute approximate surface area is 182 Å². The van der Waals surface area contributed by atoms with Crippen LogP contribution in [0.15, 0.2) is 30.5 Å². The quantitative estimate of drug-likeness (QED) is 0.650. The molecule has 8 heteroatoms. The molecule has 8 nitrogen and oxygen atoms in total. The number of hydrogen-bond donors (Lipinski definition) is 0. The molecular weight excluding hydrogens is 390 g/mol. The van der Waals surface area contributed by atoms with Crippen LogP contribution in [0, 0.1) is 13.8 Å². The number of imidazole rings is 1. The number of pyridine rings is 1. The summed E-state index contributed by atoms with van der Waals surface area (Å²) < 4.78 is 1.89. The van der Waals surface area contributed by atoms with Gasteiger partial charge in [-0.3, -0.25) is 9.20 Å². The van der Waals surface area contributed by atoms with E-state index in [1.807, 2.05) is 47.5 Å². The van der Waals surface area contributed by atoms with Crippen LogP contribution in [0.5, 0.6) is 0 Å². The first-order valence-electron chi connectivity index (χ1n) is 11.2. The van der Waals surface area contributed by atoms with Crippen molar-refractivity contribution in [3.8, 4) is 0 Å². The second kappa shape index (κ2) is 8.17. The van der Waals surface area contributed by atoms with Crippen LogP contribution in [0.2, 0.25) is 0 Å². The minimum atomic E-state index is 0.0371. The number of carbonyl (C=O) groups is 1. The number of rotatable bonds is 3. The van der Waals surface area contributed by atoms with Gasteiger partial charge in [-0.15, -0.1) is 0 Å². The molecule has 5 rings (SSSR count). The molecule has 0 aliphatic carbocycles. The van der Waals surface area contributed by atoms with Gasteiger partial charge >= 0.3 is 0 Å². The van der Waals surface area contributed by atoms with Crippen molar-refractivity contribution in [2.45, 2.75) is 33.1 Å². The van der Waals surface area contributed by atoms with Gasteiger partial charge in [-0.2, -0.15) is 4.98 Å². The first-order chi connectivity index (χ1) is 15.1. The Hall–Kier alpha value is -3.16. The van der Waals surface area contributed by atoms with E-state index in [1.165, 1.54) is 19.3 Å². The zero-order valence-corrected chi connectivity index (χ0v) is 18.3. The Morgan fingerprint density at radius 2 is 1.65 bits per heavy atom. The Morgan fingerprint density at radius 3 is 2.42 bits per heavy atom. The summed E-state index contributed by atoms with van der Waals surface area (Å²) in [6, 6.07) is 7.88. The number of carbonyl (C=O) groups excluding carboxylic acids is 1. The van der Waals surface area contributed by atoms with Gasteiger partial charge in [0.25, 0.3) is 5.91 Å². The lowest BCUT2D eigenvalue weighted by Crippen LogP contribution is -2.49. The Morgan fingerprint density at radius 1 is 0.871 bits per heavy atom. The summed E-state index contributed by atoms with van der Waals surface area (Å²) in [6.07, 6.45) is 5.65. The third-order valence-electron chi connectivity index (χ3n) is 6.27. The molecule has 0 saturated carbocycles. The average molecular weight is 420 g/mol. The Kier molecular flexibility index (Phi) is 5.21. The molecular formula is C23H29N7O. The number of piperidine rings is 1. The van der Waals surface area contributed by atoms with Crippen LogP contribution >= 0.6 is 0 Å². The number of anilines is 2. The van der Waals surface area contributed by atoms with E-state index in [1.54, 1.807) is 0 Å². The fraction of sp³-hybridized carbons (Fsp3) is 0.478. The van der Waals surface area contributed by atoms with Gasteiger partial charge in [0.05, 0.1) is 5.69 Å². The second-order valence-corrected chi connectivity index (χ2v) is 8.47. The predicted octanol–water partition coefficient (Wildman–Crippen LogP) is 2.69. The minimum Gasteiger partial charge on any atom is -0.356 e. The molecule has 1 amide bonds. The van der Waals surface area contributed by atoms with E-state index in [2.05, 4.69) is 20.9 Å². The van der Waals surface area contributed by atoms with Crippen LogP contribution in [-0.4, -0.2) is 69.4 Å². The highest BCUT2D eigenvalue weighted by atomic mass is 16.2. The highest BCUT2D eigenvalue weighted by molar-refractivity contribution is 5.94. The van der Waals surface area contributed by atoms with Gasteiger partial charge in [0.15, 0.2) is 0 Å². The van der Waals surface area contributed by atoms with Crippen LogP contribution in [-0.2, 0) is 0 Å². The fourth-order valence-electron chi connectivity index (χ4n) is 4.59. The second-order valence-electron chi connectivity index (χ2n) is 8.47. The molecule has 2 saturated heterocycles. The topological polar surface area (TPSA) is 69.9 Å². The average Bonchev–Trinajstić information content (AvgIpc) is 3.14. The molecule has 2 fully saturated rings. The van der Waals surface area contributed by atoms with E-state index in [-0.39, 0.29) is 5.91 Å². The largest absolute Gasteiger partial charge is 0.356 e. The van der Waals surface area contributed by atoms with E-state index in [9.17, 15) is 4.79 Å². The van der Waals surface area contributed by atoms with E-state index >= 15 is 0 Å². The van der Waals surface area contributed by atoms with Crippen LogP contribution in [0.1, 0.15) is 41.1 Å². The lowest BCUT2D eigenvalue weighted by Gasteiger charge is -2.35. The number of amides is 1. The summed E-state index contributed by atoms with van der Waals surface area (Å²) in [5, 5.41) is 0. The van der Waals surface area contributed by atoms with Gasteiger partial charge in [0.2, 0.25) is 5.95 Å². The molecule has 0 unspecified atom stereocenters. The highest BCUT2D eigenvalue weighted by Gasteiger charge is 2.27. The summed E-state index contributed by atoms with van der Waals surface area (Å²) in [7, 11) is 0. The van der Waals surface area contributed by atoms with E-state index in [0.29, 0.717) is 18.8 Å². The first-order valence-corrected chi connectivity index (χ1v) is 11.2. The van der Waals surface area contributed by atoms with Crippen molar-refractivity contribution >= 4 is 23.3 Å². The SMILES string of the molecule is Cc1cc(N2CCCCC2)nc(N2CCN(C(=O)c3c(C)nc4ccccn34)CC2)n1. The predicted molar refractivity (Wildman–Crippen MR) is 121 cm³/mol. The molecule has 31 heavy (non-hydrogen) atoms. The number of aromatic nitrogens is 4. The molecule has 0 atom stereocenters. The molecule has 2 aliphatic heterocycles. The van der Waals surface area contributed by atoms with Crippen molar-refractivity contribution in [3.63, 3.8) is 0 Å². The number of fused-ring (bicyclic) bond motifs is 1. The molecule has 5 heterocycles. The molecule has 0 bridgehead atoms. The van der Waals surface area contributed by atoms with E-state index in [0.717, 1.165) is 55.0 Å². The molecule has 0 spiro atoms. The maximum Gasteiger partial charge on any atom is 0.272 e. The maximum absolute atomic E-state index is 13.3. The van der Waals surface area contributed by atoms with Gasteiger partial charge in [0.1, 0.15) is 17.2 Å². The van der Waals surface area contributed by atoms with Crippen LogP contribution in [0.4, 0.5) is 11.8 Å². The minimum absolute atomic E-state index is 0.0371. The van der Waals surface area contributed by atoms with Gasteiger partial charge in [-0.1, -0.05) is 6.07 Å². The molecule has 162 valence electrons. The number of nitrogens with zero attached hydrogens (tertiary/aromatic N) is 7. The van der Waals surface area contributed by atoms with E-state index in [4.69, 9.17) is 9.97 Å². The number of aryl methyl sites for hydroxylation is 2. The van der Waals surface area contributed by atoms with Crippen molar-refractivity contribution < 1.29 is 4.79 Å². The third kappa shape index (κ3) is 3.82. The van der Waals surface area contributed by atoms with Gasteiger partial charge in [0, 0.05) is 57.2 Å². The van der Waals surface area contributed by atoms with Crippen molar-refractivity contribution in [2.24, 2.45) is 0 Å². The molecule has 2 aliphatic rings. The van der Waals surface area contributed by atoms with E-state index < -0.39 is 0 Å². The maximum atomic E-state index is 13.3. The summed E-state index contributed by atoms with van der Waals surface area (Å²) in [6.45, 7) is 8.82. The zero-order valence-electron chi connectivity index (χ0n) is 18.3. The zero-order chi connectivity index (χ0) is 21.4. The van der Waals surface area contributed by atoms with Crippen molar-refractivity contribution in [1.82, 2.24) is 24.3 Å². The molecule has 3 aromatic rings. The lowest BCUT2D eigenvalue weighted by molar-refractivity contribution is 0.0738. The fourth-order valence-corrected chi connectivity index (χ4v) is 4.59. The van der Waals surface area contributed by atoms with Gasteiger partial charge < -0.3 is 14.7 Å². The van der Waals surface area contributed by atoms with Crippen LogP contribution in [0.3, 0.4) is 0 Å². The molecule has 0 radical (unpaired) electrons. The molecule has 3 aromatic heterocycles. The lowest BCUT2D eigenvalue weighted by atomic mass is 10.1. The van der Waals surface area contributed by atoms with Gasteiger partial charge in [-0.05, 0) is 45.2 Å². The normalized spacial score (nSPS) is 17.4. The van der Waals surface area contributed by atoms with Crippen molar-refractivity contribution in [1.29, 1.82) is 0 Å². The van der Waals surface area contributed by atoms with Gasteiger partial charge in [-0.25, -0.2) is 9.97 Å². The van der Waals surface area contributed by atoms with Crippen LogP contribution in [0.25, 0.3) is 5.65 Å². The standard InChI is InChI=1S/C23H29N7O/c1-17-16-20(27-9-5-3-6-10-27)26-23(24-17)29-14-12-28(13-15-29)22(31)21-18(2)25-19-8-4-7-11-30(19)21/h4,7-8,11,16H,3,5-6,9-10,12-15H2,1-2H3. The highest BCUT2D eigenvalue weighted by Crippen LogP contribution is 2.22. The summed E-state index contributed by atoms with van der Waals surface area (Å²) >= 11 is 0. The number of hydrogen-bond acceptors (Lipinski definition) is 6. The monoisotopic (exact) mass is 419 g/mol. The summed E-state index contributed by atoms with van der Waals surface area (Å²) in [5.41, 5.74) is 3.22. The Bertz CT molecular complexity index is 1090. The Balaban J connectivity index is 1.31. The van der Waals surface area contributed by atoms with Crippen molar-refractivity contribution in [2.75, 3.05) is 49.1 Å². The first kappa shape index (κ1) is 19.8. The third-order valence-corrected chi connectivity index (χ3v) is 6.27. The van der Waals surface area contributed by atoms with Crippen molar-refractivity contribution in [3.05, 3.63) is 47.5 Å². The summed E-state index contributed by atoms with van der Waals surface area (Å²) in [4.78, 5) is 33.9. The molecule has 0 aromatic carbocycles. The molecule has 0 N–H and O–H groups in total. The van der Waals surface area contributed by atoms with Crippen LogP contribution < -0.4 is 9.80 Å². The number of piperazine rings is 1. The summed E-state index contributed by atoms with van der Waals surface area (Å²) in [5.74, 6) is 1.84. The smallest absolute Gasteiger partial charge is 0.272 e.